The van der Waals surface area contributed by atoms with Crippen molar-refractivity contribution in [3.8, 4) is 5.75 Å². The number of benzene rings is 2. The molecule has 7 nitrogen and oxygen atoms in total. The summed E-state index contributed by atoms with van der Waals surface area (Å²) in [7, 11) is 1.68. The van der Waals surface area contributed by atoms with Gasteiger partial charge in [0.05, 0.1) is 18.1 Å². The molecule has 2 fully saturated rings. The summed E-state index contributed by atoms with van der Waals surface area (Å²) in [5.74, 6) is 2.22. The molecule has 1 aromatic heterocycles. The average molecular weight is 434 g/mol. The predicted molar refractivity (Wildman–Crippen MR) is 128 cm³/mol. The number of fused-ring (bicyclic) bond motifs is 1. The van der Waals surface area contributed by atoms with E-state index in [1.165, 1.54) is 11.3 Å². The number of carbonyl (C=O) groups excluding carboxylic acids is 1. The van der Waals surface area contributed by atoms with Gasteiger partial charge in [-0.3, -0.25) is 4.79 Å². The van der Waals surface area contributed by atoms with E-state index in [2.05, 4.69) is 56.9 Å². The number of aromatic nitrogens is 2. The van der Waals surface area contributed by atoms with Crippen LogP contribution in [-0.2, 0) is 4.79 Å². The van der Waals surface area contributed by atoms with Gasteiger partial charge in [-0.15, -0.1) is 0 Å². The van der Waals surface area contributed by atoms with Crippen molar-refractivity contribution in [2.45, 2.75) is 19.8 Å². The van der Waals surface area contributed by atoms with Gasteiger partial charge in [-0.1, -0.05) is 6.07 Å². The molecule has 0 saturated carbocycles. The van der Waals surface area contributed by atoms with Gasteiger partial charge in [-0.2, -0.15) is 0 Å². The molecule has 2 aliphatic heterocycles. The Hall–Kier alpha value is -3.22. The molecule has 3 aromatic rings. The fourth-order valence-corrected chi connectivity index (χ4v) is 4.83. The molecule has 5 rings (SSSR count). The Labute approximate surface area is 189 Å². The summed E-state index contributed by atoms with van der Waals surface area (Å²) < 4.78 is 5.25. The van der Waals surface area contributed by atoms with Gasteiger partial charge >= 0.3 is 0 Å². The van der Waals surface area contributed by atoms with Crippen LogP contribution in [0, 0.1) is 12.8 Å². The third-order valence-electron chi connectivity index (χ3n) is 6.80. The molecular weight excluding hydrogens is 402 g/mol. The summed E-state index contributed by atoms with van der Waals surface area (Å²) in [6.45, 7) is 7.13. The first-order valence-electron chi connectivity index (χ1n) is 11.5. The van der Waals surface area contributed by atoms with Crippen LogP contribution in [0.25, 0.3) is 11.0 Å². The summed E-state index contributed by atoms with van der Waals surface area (Å²) in [5, 5.41) is 0. The lowest BCUT2D eigenvalue weighted by Gasteiger charge is -2.39. The lowest BCUT2D eigenvalue weighted by molar-refractivity contribution is -0.136. The maximum absolute atomic E-state index is 13.2. The second kappa shape index (κ2) is 8.73. The van der Waals surface area contributed by atoms with Crippen LogP contribution in [0.15, 0.2) is 42.5 Å². The number of ether oxygens (including phenoxy) is 1. The van der Waals surface area contributed by atoms with Crippen molar-refractivity contribution in [2.75, 3.05) is 56.2 Å². The quantitative estimate of drug-likeness (QED) is 0.683. The third-order valence-corrected chi connectivity index (χ3v) is 6.80. The Morgan fingerprint density at radius 2 is 1.69 bits per heavy atom. The number of aryl methyl sites for hydroxylation is 1. The standard InChI is InChI=1S/C25H31N5O2/c1-18-3-8-22-23(17-18)27-25(26-22)30-11-9-19(10-12-30)24(31)29-15-13-28(14-16-29)20-4-6-21(32-2)7-5-20/h3-8,17,19H,9-16H2,1-2H3,(H,26,27). The van der Waals surface area contributed by atoms with Gasteiger partial charge in [0, 0.05) is 50.9 Å². The first-order valence-corrected chi connectivity index (χ1v) is 11.5. The Kier molecular flexibility index (Phi) is 5.64. The van der Waals surface area contributed by atoms with Crippen LogP contribution in [0.3, 0.4) is 0 Å². The normalized spacial score (nSPS) is 17.8. The molecular formula is C25H31N5O2. The molecule has 168 valence electrons. The van der Waals surface area contributed by atoms with Gasteiger partial charge in [-0.05, 0) is 61.7 Å². The Bertz CT molecular complexity index is 1080. The fourth-order valence-electron chi connectivity index (χ4n) is 4.83. The van der Waals surface area contributed by atoms with Gasteiger partial charge in [0.25, 0.3) is 0 Å². The molecule has 2 aliphatic rings. The molecule has 0 radical (unpaired) electrons. The van der Waals surface area contributed by atoms with Crippen molar-refractivity contribution >= 4 is 28.6 Å². The lowest BCUT2D eigenvalue weighted by Crippen LogP contribution is -2.51. The second-order valence-corrected chi connectivity index (χ2v) is 8.85. The summed E-state index contributed by atoms with van der Waals surface area (Å²) >= 11 is 0. The van der Waals surface area contributed by atoms with E-state index in [1.807, 2.05) is 12.1 Å². The molecule has 0 bridgehead atoms. The van der Waals surface area contributed by atoms with Crippen LogP contribution >= 0.6 is 0 Å². The van der Waals surface area contributed by atoms with Crippen molar-refractivity contribution < 1.29 is 9.53 Å². The molecule has 1 N–H and O–H groups in total. The average Bonchev–Trinajstić information content (AvgIpc) is 3.27. The number of amides is 1. The van der Waals surface area contributed by atoms with Crippen molar-refractivity contribution in [3.05, 3.63) is 48.0 Å². The van der Waals surface area contributed by atoms with E-state index >= 15 is 0 Å². The van der Waals surface area contributed by atoms with Crippen LogP contribution < -0.4 is 14.5 Å². The Balaban J connectivity index is 1.14. The van der Waals surface area contributed by atoms with Crippen LogP contribution in [0.4, 0.5) is 11.6 Å². The SMILES string of the molecule is COc1ccc(N2CCN(C(=O)C3CCN(c4nc5ccc(C)cc5[nH]4)CC3)CC2)cc1. The smallest absolute Gasteiger partial charge is 0.225 e. The number of aromatic amines is 1. The van der Waals surface area contributed by atoms with E-state index in [9.17, 15) is 4.79 Å². The molecule has 32 heavy (non-hydrogen) atoms. The minimum absolute atomic E-state index is 0.116. The number of carbonyl (C=O) groups is 1. The van der Waals surface area contributed by atoms with Crippen LogP contribution in [0.1, 0.15) is 18.4 Å². The minimum Gasteiger partial charge on any atom is -0.497 e. The Morgan fingerprint density at radius 1 is 0.969 bits per heavy atom. The molecule has 0 spiro atoms. The number of imidazole rings is 1. The monoisotopic (exact) mass is 433 g/mol. The number of nitrogens with zero attached hydrogens (tertiary/aromatic N) is 4. The zero-order chi connectivity index (χ0) is 22.1. The number of hydrogen-bond donors (Lipinski definition) is 1. The summed E-state index contributed by atoms with van der Waals surface area (Å²) in [5.41, 5.74) is 4.49. The van der Waals surface area contributed by atoms with Gasteiger partial charge in [-0.25, -0.2) is 4.98 Å². The fraction of sp³-hybridized carbons (Fsp3) is 0.440. The van der Waals surface area contributed by atoms with E-state index in [-0.39, 0.29) is 5.92 Å². The van der Waals surface area contributed by atoms with E-state index in [0.29, 0.717) is 5.91 Å². The van der Waals surface area contributed by atoms with Gasteiger partial charge in [0.1, 0.15) is 5.75 Å². The molecule has 2 aromatic carbocycles. The third kappa shape index (κ3) is 4.11. The molecule has 3 heterocycles. The number of hydrogen-bond acceptors (Lipinski definition) is 5. The number of anilines is 2. The van der Waals surface area contributed by atoms with Gasteiger partial charge in [0.2, 0.25) is 11.9 Å². The number of nitrogens with one attached hydrogen (secondary N) is 1. The first-order chi connectivity index (χ1) is 15.6. The van der Waals surface area contributed by atoms with Crippen molar-refractivity contribution in [3.63, 3.8) is 0 Å². The van der Waals surface area contributed by atoms with E-state index in [4.69, 9.17) is 9.72 Å². The van der Waals surface area contributed by atoms with Gasteiger partial charge < -0.3 is 24.4 Å². The van der Waals surface area contributed by atoms with E-state index in [0.717, 1.165) is 74.8 Å². The molecule has 0 atom stereocenters. The predicted octanol–water partition coefficient (Wildman–Crippen LogP) is 3.45. The molecule has 7 heteroatoms. The highest BCUT2D eigenvalue weighted by Gasteiger charge is 2.31. The van der Waals surface area contributed by atoms with E-state index in [1.54, 1.807) is 7.11 Å². The maximum Gasteiger partial charge on any atom is 0.225 e. The van der Waals surface area contributed by atoms with Crippen molar-refractivity contribution in [2.24, 2.45) is 5.92 Å². The second-order valence-electron chi connectivity index (χ2n) is 8.85. The number of methoxy groups -OCH3 is 1. The number of rotatable bonds is 4. The molecule has 0 unspecified atom stereocenters. The summed E-state index contributed by atoms with van der Waals surface area (Å²) in [6, 6.07) is 14.4. The highest BCUT2D eigenvalue weighted by Crippen LogP contribution is 2.26. The molecule has 0 aliphatic carbocycles. The number of piperazine rings is 1. The van der Waals surface area contributed by atoms with Crippen LogP contribution in [-0.4, -0.2) is 67.2 Å². The summed E-state index contributed by atoms with van der Waals surface area (Å²) in [4.78, 5) is 28.0. The van der Waals surface area contributed by atoms with Crippen LogP contribution in [0.2, 0.25) is 0 Å². The topological polar surface area (TPSA) is 64.7 Å². The Morgan fingerprint density at radius 3 is 2.38 bits per heavy atom. The van der Waals surface area contributed by atoms with E-state index < -0.39 is 0 Å². The number of H-pyrrole nitrogens is 1. The molecule has 2 saturated heterocycles. The summed E-state index contributed by atoms with van der Waals surface area (Å²) in [6.07, 6.45) is 1.77. The highest BCUT2D eigenvalue weighted by molar-refractivity contribution is 5.80. The first kappa shape index (κ1) is 20.7. The highest BCUT2D eigenvalue weighted by atomic mass is 16.5. The lowest BCUT2D eigenvalue weighted by atomic mass is 9.95. The number of piperidine rings is 1. The maximum atomic E-state index is 13.2. The van der Waals surface area contributed by atoms with Gasteiger partial charge in [0.15, 0.2) is 0 Å². The minimum atomic E-state index is 0.116. The molecule has 1 amide bonds. The van der Waals surface area contributed by atoms with Crippen LogP contribution in [0.5, 0.6) is 5.75 Å². The van der Waals surface area contributed by atoms with Crippen molar-refractivity contribution in [1.82, 2.24) is 14.9 Å². The largest absolute Gasteiger partial charge is 0.497 e. The zero-order valence-corrected chi connectivity index (χ0v) is 18.9. The van der Waals surface area contributed by atoms with Crippen molar-refractivity contribution in [1.29, 1.82) is 0 Å². The zero-order valence-electron chi connectivity index (χ0n) is 18.9.